The van der Waals surface area contributed by atoms with Gasteiger partial charge in [0.15, 0.2) is 0 Å². The number of hydrogen-bond donors (Lipinski definition) is 0. The summed E-state index contributed by atoms with van der Waals surface area (Å²) < 4.78 is 5.21. The maximum atomic E-state index is 5.15. The van der Waals surface area contributed by atoms with Crippen LogP contribution >= 0.6 is 0 Å². The molecule has 286 valence electrons. The van der Waals surface area contributed by atoms with Crippen molar-refractivity contribution in [1.29, 1.82) is 0 Å². The molecule has 0 amide bonds. The summed E-state index contributed by atoms with van der Waals surface area (Å²) in [7, 11) is 0. The predicted molar refractivity (Wildman–Crippen MR) is 233 cm³/mol. The molecule has 2 aromatic heterocycles. The molecular formula is C50H44Cl2N4SiZr. The number of aryl methyl sites for hydroxylation is 2. The van der Waals surface area contributed by atoms with E-state index < -0.39 is 25.8 Å². The Kier molecular flexibility index (Phi) is 11.0. The second-order valence-electron chi connectivity index (χ2n) is 16.1. The maximum Gasteiger partial charge on any atom is -1.00 e. The zero-order valence-corrected chi connectivity index (χ0v) is 38.5. The number of benzene rings is 6. The van der Waals surface area contributed by atoms with Crippen LogP contribution in [0.1, 0.15) is 54.5 Å². The molecular weight excluding hydrogens is 847 g/mol. The third-order valence-corrected chi connectivity index (χ3v) is 31.9. The van der Waals surface area contributed by atoms with E-state index in [4.69, 9.17) is 10.2 Å². The SMILES string of the molecule is CC1=Cc2c(cc(-c3ccc(C)cc3)cc2-n2cc3ccccc3n2)[C@@H]1[Zr+2]([C@H]1C(C)=Cc2c1cc(-c1ccc(C)cc1)cc2-n1cc2ccccc2n1)=[Si](C)C.[Cl-].[Cl-]. The Balaban J connectivity index is 0.00000235. The van der Waals surface area contributed by atoms with E-state index in [1.807, 2.05) is 0 Å². The van der Waals surface area contributed by atoms with Crippen LogP contribution in [-0.2, 0) is 20.4 Å². The molecule has 0 N–H and O–H groups in total. The van der Waals surface area contributed by atoms with Crippen LogP contribution in [0.25, 0.3) is 67.6 Å². The molecule has 2 aliphatic rings. The maximum absolute atomic E-state index is 5.15. The summed E-state index contributed by atoms with van der Waals surface area (Å²) in [6, 6.07) is 44.9. The third kappa shape index (κ3) is 6.92. The molecule has 10 rings (SSSR count). The molecule has 2 aliphatic carbocycles. The fourth-order valence-corrected chi connectivity index (χ4v) is 29.8. The van der Waals surface area contributed by atoms with Gasteiger partial charge in [-0.1, -0.05) is 0 Å². The molecule has 58 heavy (non-hydrogen) atoms. The van der Waals surface area contributed by atoms with E-state index >= 15 is 0 Å². The van der Waals surface area contributed by atoms with E-state index in [1.165, 1.54) is 78.2 Å². The summed E-state index contributed by atoms with van der Waals surface area (Å²) in [5, 5.41) is 12.6. The van der Waals surface area contributed by atoms with Crippen molar-refractivity contribution in [2.75, 3.05) is 0 Å². The molecule has 2 heterocycles. The van der Waals surface area contributed by atoms with Crippen LogP contribution < -0.4 is 24.8 Å². The predicted octanol–water partition coefficient (Wildman–Crippen LogP) is 6.81. The van der Waals surface area contributed by atoms with Gasteiger partial charge in [-0.3, -0.25) is 0 Å². The van der Waals surface area contributed by atoms with Crippen molar-refractivity contribution in [3.05, 3.63) is 178 Å². The monoisotopic (exact) mass is 888 g/mol. The van der Waals surface area contributed by atoms with Crippen LogP contribution in [-0.4, -0.2) is 25.0 Å². The van der Waals surface area contributed by atoms with Crippen LogP contribution in [0.3, 0.4) is 0 Å². The van der Waals surface area contributed by atoms with Gasteiger partial charge >= 0.3 is 339 Å². The quantitative estimate of drug-likeness (QED) is 0.172. The molecule has 8 aromatic rings. The normalized spacial score (nSPS) is 15.2. The summed E-state index contributed by atoms with van der Waals surface area (Å²) in [5.41, 5.74) is 20.1. The van der Waals surface area contributed by atoms with Crippen molar-refractivity contribution in [2.45, 2.75) is 48.0 Å². The van der Waals surface area contributed by atoms with E-state index in [9.17, 15) is 0 Å². The fourth-order valence-electron chi connectivity index (χ4n) is 9.17. The standard InChI is InChI=1S/2C24H19N2.C2H6Si.2ClH.Zr/c2*1-16-7-9-18(10-8-16)20-13-21-11-17(2)12-22(21)24(14-20)26-15-19-5-3-4-6-23(19)25-26;1-3-2;;;/h2*3-15H,1-2H3;1-2H3;2*1H;/q;;;;;+2/p-2. The number of nitrogens with zero attached hydrogens (tertiary/aromatic N) is 4. The molecule has 0 unspecified atom stereocenters. The number of aromatic nitrogens is 4. The van der Waals surface area contributed by atoms with Gasteiger partial charge in [0.25, 0.3) is 0 Å². The van der Waals surface area contributed by atoms with Crippen molar-refractivity contribution in [1.82, 2.24) is 19.6 Å². The van der Waals surface area contributed by atoms with Gasteiger partial charge < -0.3 is 24.8 Å². The third-order valence-electron chi connectivity index (χ3n) is 11.9. The minimum atomic E-state index is -2.48. The average Bonchev–Trinajstić information content (AvgIpc) is 3.98. The minimum Gasteiger partial charge on any atom is -1.00 e. The topological polar surface area (TPSA) is 35.6 Å². The van der Waals surface area contributed by atoms with Gasteiger partial charge in [-0.15, -0.1) is 0 Å². The van der Waals surface area contributed by atoms with Crippen molar-refractivity contribution < 1.29 is 45.2 Å². The Morgan fingerprint density at radius 2 is 0.897 bits per heavy atom. The molecule has 0 saturated carbocycles. The molecule has 0 saturated heterocycles. The molecule has 4 nitrogen and oxygen atoms in total. The van der Waals surface area contributed by atoms with Crippen molar-refractivity contribution >= 4 is 39.4 Å². The first-order valence-electron chi connectivity index (χ1n) is 19.6. The molecule has 8 heteroatoms. The van der Waals surface area contributed by atoms with Gasteiger partial charge in [-0.05, 0) is 0 Å². The van der Waals surface area contributed by atoms with Crippen molar-refractivity contribution in [2.24, 2.45) is 0 Å². The second kappa shape index (κ2) is 15.9. The van der Waals surface area contributed by atoms with Gasteiger partial charge in [-0.2, -0.15) is 0 Å². The fraction of sp³-hybridized carbons (Fsp3) is 0.160. The first-order valence-corrected chi connectivity index (χ1v) is 28.7. The Bertz CT molecular complexity index is 2720. The van der Waals surface area contributed by atoms with E-state index in [0.717, 1.165) is 21.8 Å². The Morgan fingerprint density at radius 1 is 0.500 bits per heavy atom. The van der Waals surface area contributed by atoms with E-state index in [0.29, 0.717) is 7.25 Å². The smallest absolute Gasteiger partial charge is 1.00 e. The number of allylic oxidation sites excluding steroid dienone is 2. The average molecular weight is 891 g/mol. The molecule has 2 atom stereocenters. The molecule has 0 radical (unpaired) electrons. The molecule has 6 aromatic carbocycles. The molecule has 0 bridgehead atoms. The van der Waals surface area contributed by atoms with Crippen LogP contribution in [0.15, 0.2) is 145 Å². The van der Waals surface area contributed by atoms with Crippen LogP contribution in [0, 0.1) is 13.8 Å². The molecule has 0 spiro atoms. The van der Waals surface area contributed by atoms with Gasteiger partial charge in [0.05, 0.1) is 0 Å². The van der Waals surface area contributed by atoms with Gasteiger partial charge in [0.1, 0.15) is 0 Å². The largest absolute Gasteiger partial charge is 1.00 e. The van der Waals surface area contributed by atoms with Crippen molar-refractivity contribution in [3.8, 4) is 33.6 Å². The first kappa shape index (κ1) is 40.2. The van der Waals surface area contributed by atoms with Gasteiger partial charge in [-0.25, -0.2) is 0 Å². The first-order chi connectivity index (χ1) is 27.2. The summed E-state index contributed by atoms with van der Waals surface area (Å²) in [6.45, 7) is 14.4. The number of fused-ring (bicyclic) bond motifs is 4. The zero-order valence-electron chi connectivity index (χ0n) is 33.6. The van der Waals surface area contributed by atoms with Crippen LogP contribution in [0.4, 0.5) is 0 Å². The number of hydrogen-bond acceptors (Lipinski definition) is 2. The molecule has 0 fully saturated rings. The summed E-state index contributed by atoms with van der Waals surface area (Å²) in [4.78, 5) is 0. The Hall–Kier alpha value is -4.58. The van der Waals surface area contributed by atoms with Crippen LogP contribution in [0.2, 0.25) is 13.1 Å². The minimum absolute atomic E-state index is 0. The van der Waals surface area contributed by atoms with E-state index in [-0.39, 0.29) is 24.8 Å². The zero-order chi connectivity index (χ0) is 38.2. The summed E-state index contributed by atoms with van der Waals surface area (Å²) in [5.74, 6) is 0. The van der Waals surface area contributed by atoms with E-state index in [2.05, 4.69) is 196 Å². The second-order valence-corrected chi connectivity index (χ2v) is 34.0. The van der Waals surface area contributed by atoms with Crippen molar-refractivity contribution in [3.63, 3.8) is 0 Å². The van der Waals surface area contributed by atoms with E-state index in [1.54, 1.807) is 0 Å². The van der Waals surface area contributed by atoms with Gasteiger partial charge in [0.2, 0.25) is 0 Å². The molecule has 0 aliphatic heterocycles. The van der Waals surface area contributed by atoms with Crippen LogP contribution in [0.5, 0.6) is 0 Å². The Labute approximate surface area is 361 Å². The number of rotatable bonds is 6. The Morgan fingerprint density at radius 3 is 1.28 bits per heavy atom. The van der Waals surface area contributed by atoms with Gasteiger partial charge in [0, 0.05) is 0 Å². The summed E-state index contributed by atoms with van der Waals surface area (Å²) in [6.07, 6.45) is 9.46. The summed E-state index contributed by atoms with van der Waals surface area (Å²) >= 11 is -2.48. The number of halogens is 2.